The maximum atomic E-state index is 10.8. The van der Waals surface area contributed by atoms with Gasteiger partial charge in [0.25, 0.3) is 0 Å². The molecule has 22 heavy (non-hydrogen) atoms. The summed E-state index contributed by atoms with van der Waals surface area (Å²) in [6, 6.07) is 5.63. The molecule has 0 saturated carbocycles. The third-order valence-corrected chi connectivity index (χ3v) is 3.45. The second-order valence-corrected chi connectivity index (χ2v) is 5.49. The van der Waals surface area contributed by atoms with Crippen LogP contribution in [-0.4, -0.2) is 26.2 Å². The van der Waals surface area contributed by atoms with Gasteiger partial charge in [0.15, 0.2) is 11.5 Å². The van der Waals surface area contributed by atoms with E-state index in [4.69, 9.17) is 15.2 Å². The van der Waals surface area contributed by atoms with Crippen LogP contribution in [0.5, 0.6) is 11.5 Å². The van der Waals surface area contributed by atoms with Gasteiger partial charge in [0.2, 0.25) is 5.91 Å². The van der Waals surface area contributed by atoms with Crippen LogP contribution in [0.25, 0.3) is 6.08 Å². The van der Waals surface area contributed by atoms with Crippen molar-refractivity contribution in [1.82, 2.24) is 5.32 Å². The van der Waals surface area contributed by atoms with Crippen LogP contribution in [0.15, 0.2) is 24.4 Å². The van der Waals surface area contributed by atoms with E-state index in [0.29, 0.717) is 36.5 Å². The van der Waals surface area contributed by atoms with E-state index in [-0.39, 0.29) is 5.91 Å². The van der Waals surface area contributed by atoms with Gasteiger partial charge in [0.1, 0.15) is 0 Å². The number of nitrogens with one attached hydrogen (secondary N) is 1. The van der Waals surface area contributed by atoms with Gasteiger partial charge in [0, 0.05) is 19.0 Å². The SMILES string of the molecule is COc1cc(C=CNC(C)=O)ccc1OCC(CN)C(C)C. The van der Waals surface area contributed by atoms with Crippen molar-refractivity contribution in [2.45, 2.75) is 20.8 Å². The number of carbonyl (C=O) groups excluding carboxylic acids is 1. The first kappa shape index (κ1) is 18.0. The van der Waals surface area contributed by atoms with Gasteiger partial charge in [-0.3, -0.25) is 4.79 Å². The Morgan fingerprint density at radius 2 is 2.09 bits per heavy atom. The van der Waals surface area contributed by atoms with E-state index in [1.54, 1.807) is 19.4 Å². The number of benzene rings is 1. The smallest absolute Gasteiger partial charge is 0.220 e. The van der Waals surface area contributed by atoms with Crippen molar-refractivity contribution in [2.75, 3.05) is 20.3 Å². The molecule has 3 N–H and O–H groups in total. The molecule has 1 aromatic carbocycles. The fraction of sp³-hybridized carbons (Fsp3) is 0.471. The summed E-state index contributed by atoms with van der Waals surface area (Å²) in [5, 5.41) is 2.60. The van der Waals surface area contributed by atoms with E-state index in [9.17, 15) is 4.79 Å². The molecular weight excluding hydrogens is 280 g/mol. The molecule has 1 aromatic rings. The molecule has 5 heteroatoms. The summed E-state index contributed by atoms with van der Waals surface area (Å²) in [6.45, 7) is 6.88. The number of hydrogen-bond acceptors (Lipinski definition) is 4. The molecule has 0 aliphatic heterocycles. The summed E-state index contributed by atoms with van der Waals surface area (Å²) >= 11 is 0. The van der Waals surface area contributed by atoms with Crippen LogP contribution >= 0.6 is 0 Å². The quantitative estimate of drug-likeness (QED) is 0.773. The first-order chi connectivity index (χ1) is 10.5. The van der Waals surface area contributed by atoms with Crippen LogP contribution in [0.1, 0.15) is 26.3 Å². The number of carbonyl (C=O) groups is 1. The Balaban J connectivity index is 2.76. The molecule has 5 nitrogen and oxygen atoms in total. The summed E-state index contributed by atoms with van der Waals surface area (Å²) in [5.74, 6) is 2.02. The highest BCUT2D eigenvalue weighted by molar-refractivity contribution is 5.75. The summed E-state index contributed by atoms with van der Waals surface area (Å²) in [7, 11) is 1.60. The Morgan fingerprint density at radius 1 is 1.36 bits per heavy atom. The van der Waals surface area contributed by atoms with Gasteiger partial charge in [-0.15, -0.1) is 0 Å². The molecule has 0 heterocycles. The van der Waals surface area contributed by atoms with Gasteiger partial charge < -0.3 is 20.5 Å². The zero-order valence-corrected chi connectivity index (χ0v) is 13.8. The third kappa shape index (κ3) is 5.77. The monoisotopic (exact) mass is 306 g/mol. The van der Waals surface area contributed by atoms with Gasteiger partial charge in [-0.05, 0) is 36.2 Å². The van der Waals surface area contributed by atoms with Crippen LogP contribution in [0.2, 0.25) is 0 Å². The van der Waals surface area contributed by atoms with E-state index in [1.165, 1.54) is 6.92 Å². The zero-order chi connectivity index (χ0) is 16.5. The molecule has 0 spiro atoms. The van der Waals surface area contributed by atoms with Crippen molar-refractivity contribution >= 4 is 12.0 Å². The first-order valence-corrected chi connectivity index (χ1v) is 7.42. The molecule has 1 unspecified atom stereocenters. The Hall–Kier alpha value is -2.01. The third-order valence-electron chi connectivity index (χ3n) is 3.45. The van der Waals surface area contributed by atoms with E-state index >= 15 is 0 Å². The fourth-order valence-electron chi connectivity index (χ4n) is 1.89. The summed E-state index contributed by atoms with van der Waals surface area (Å²) in [5.41, 5.74) is 6.67. The average molecular weight is 306 g/mol. The lowest BCUT2D eigenvalue weighted by atomic mass is 9.97. The van der Waals surface area contributed by atoms with Gasteiger partial charge in [-0.2, -0.15) is 0 Å². The number of hydrogen-bond donors (Lipinski definition) is 2. The molecule has 0 aliphatic rings. The largest absolute Gasteiger partial charge is 0.493 e. The number of ether oxygens (including phenoxy) is 2. The highest BCUT2D eigenvalue weighted by atomic mass is 16.5. The second-order valence-electron chi connectivity index (χ2n) is 5.49. The number of rotatable bonds is 8. The van der Waals surface area contributed by atoms with E-state index in [0.717, 1.165) is 5.56 Å². The van der Waals surface area contributed by atoms with Crippen molar-refractivity contribution in [3.05, 3.63) is 30.0 Å². The average Bonchev–Trinajstić information content (AvgIpc) is 2.48. The Morgan fingerprint density at radius 3 is 2.64 bits per heavy atom. The highest BCUT2D eigenvalue weighted by Crippen LogP contribution is 2.29. The number of nitrogens with two attached hydrogens (primary N) is 1. The normalized spacial score (nSPS) is 12.5. The molecule has 0 fully saturated rings. The van der Waals surface area contributed by atoms with Crippen LogP contribution in [0.4, 0.5) is 0 Å². The Kier molecular flexibility index (Phi) is 7.46. The standard InChI is InChI=1S/C17H26N2O3/c1-12(2)15(10-18)11-22-16-6-5-14(9-17(16)21-4)7-8-19-13(3)20/h5-9,12,15H,10-11,18H2,1-4H3,(H,19,20). The first-order valence-electron chi connectivity index (χ1n) is 7.42. The Labute approximate surface area is 132 Å². The van der Waals surface area contributed by atoms with E-state index in [2.05, 4.69) is 19.2 Å². The molecular formula is C17H26N2O3. The minimum Gasteiger partial charge on any atom is -0.493 e. The maximum Gasteiger partial charge on any atom is 0.220 e. The topological polar surface area (TPSA) is 73.6 Å². The lowest BCUT2D eigenvalue weighted by molar-refractivity contribution is -0.118. The summed E-state index contributed by atoms with van der Waals surface area (Å²) < 4.78 is 11.2. The second kappa shape index (κ2) is 9.10. The summed E-state index contributed by atoms with van der Waals surface area (Å²) in [4.78, 5) is 10.8. The highest BCUT2D eigenvalue weighted by Gasteiger charge is 2.13. The molecule has 1 rings (SSSR count). The number of amides is 1. The van der Waals surface area contributed by atoms with Crippen molar-refractivity contribution < 1.29 is 14.3 Å². The molecule has 0 aromatic heterocycles. The molecule has 1 amide bonds. The fourth-order valence-corrected chi connectivity index (χ4v) is 1.89. The minimum atomic E-state index is -0.107. The molecule has 1 atom stereocenters. The van der Waals surface area contributed by atoms with E-state index in [1.807, 2.05) is 18.2 Å². The maximum absolute atomic E-state index is 10.8. The van der Waals surface area contributed by atoms with Gasteiger partial charge in [-0.1, -0.05) is 19.9 Å². The minimum absolute atomic E-state index is 0.107. The lowest BCUT2D eigenvalue weighted by Crippen LogP contribution is -2.26. The van der Waals surface area contributed by atoms with Crippen LogP contribution in [-0.2, 0) is 4.79 Å². The zero-order valence-electron chi connectivity index (χ0n) is 13.8. The van der Waals surface area contributed by atoms with Crippen molar-refractivity contribution in [3.8, 4) is 11.5 Å². The van der Waals surface area contributed by atoms with Crippen LogP contribution in [0, 0.1) is 11.8 Å². The number of methoxy groups -OCH3 is 1. The van der Waals surface area contributed by atoms with Gasteiger partial charge in [-0.25, -0.2) is 0 Å². The van der Waals surface area contributed by atoms with Crippen LogP contribution < -0.4 is 20.5 Å². The van der Waals surface area contributed by atoms with Gasteiger partial charge >= 0.3 is 0 Å². The molecule has 122 valence electrons. The van der Waals surface area contributed by atoms with Crippen molar-refractivity contribution in [2.24, 2.45) is 17.6 Å². The van der Waals surface area contributed by atoms with E-state index < -0.39 is 0 Å². The summed E-state index contributed by atoms with van der Waals surface area (Å²) in [6.07, 6.45) is 3.39. The lowest BCUT2D eigenvalue weighted by Gasteiger charge is -2.20. The van der Waals surface area contributed by atoms with Crippen molar-refractivity contribution in [1.29, 1.82) is 0 Å². The molecule has 0 saturated heterocycles. The Bertz CT molecular complexity index is 513. The van der Waals surface area contributed by atoms with Gasteiger partial charge in [0.05, 0.1) is 13.7 Å². The predicted molar refractivity (Wildman–Crippen MR) is 88.7 cm³/mol. The molecule has 0 aliphatic carbocycles. The molecule has 0 radical (unpaired) electrons. The van der Waals surface area contributed by atoms with Crippen LogP contribution in [0.3, 0.4) is 0 Å². The van der Waals surface area contributed by atoms with Crippen molar-refractivity contribution in [3.63, 3.8) is 0 Å². The molecule has 0 bridgehead atoms. The predicted octanol–water partition coefficient (Wildman–Crippen LogP) is 2.41.